The molecule has 150 valence electrons. The van der Waals surface area contributed by atoms with Gasteiger partial charge in [-0.3, -0.25) is 0 Å². The Bertz CT molecular complexity index is 1180. The number of anilines is 2. The van der Waals surface area contributed by atoms with Gasteiger partial charge >= 0.3 is 0 Å². The zero-order valence-electron chi connectivity index (χ0n) is 16.6. The van der Waals surface area contributed by atoms with Crippen molar-refractivity contribution in [2.24, 2.45) is 0 Å². The van der Waals surface area contributed by atoms with Crippen LogP contribution in [0.25, 0.3) is 10.9 Å². The molecule has 0 radical (unpaired) electrons. The van der Waals surface area contributed by atoms with Crippen molar-refractivity contribution < 1.29 is 8.42 Å². The Morgan fingerprint density at radius 2 is 1.86 bits per heavy atom. The molecule has 5 nitrogen and oxygen atoms in total. The molecule has 2 aromatic carbocycles. The second-order valence-corrected chi connectivity index (χ2v) is 9.91. The van der Waals surface area contributed by atoms with Crippen LogP contribution in [0.3, 0.4) is 0 Å². The number of aromatic nitrogens is 1. The molecule has 0 amide bonds. The summed E-state index contributed by atoms with van der Waals surface area (Å²) in [7, 11) is -3.47. The molecule has 3 heterocycles. The van der Waals surface area contributed by atoms with Crippen LogP contribution in [0.15, 0.2) is 59.5 Å². The predicted molar refractivity (Wildman–Crippen MR) is 116 cm³/mol. The molecular formula is C23H25N3O2S. The summed E-state index contributed by atoms with van der Waals surface area (Å²) in [6.45, 7) is 3.52. The van der Waals surface area contributed by atoms with Gasteiger partial charge in [0, 0.05) is 30.2 Å². The Morgan fingerprint density at radius 1 is 1.00 bits per heavy atom. The van der Waals surface area contributed by atoms with Gasteiger partial charge in [-0.05, 0) is 68.1 Å². The molecule has 2 aliphatic rings. The van der Waals surface area contributed by atoms with Gasteiger partial charge in [0.2, 0.25) is 10.0 Å². The van der Waals surface area contributed by atoms with Crippen LogP contribution < -0.4 is 4.90 Å². The largest absolute Gasteiger partial charge is 0.326 e. The highest BCUT2D eigenvalue weighted by Gasteiger charge is 2.31. The average molecular weight is 408 g/mol. The minimum atomic E-state index is -3.47. The van der Waals surface area contributed by atoms with Gasteiger partial charge in [0.05, 0.1) is 10.4 Å². The van der Waals surface area contributed by atoms with E-state index in [0.29, 0.717) is 11.4 Å². The molecule has 0 unspecified atom stereocenters. The van der Waals surface area contributed by atoms with Crippen molar-refractivity contribution in [1.82, 2.24) is 9.29 Å². The fourth-order valence-corrected chi connectivity index (χ4v) is 6.28. The van der Waals surface area contributed by atoms with Crippen molar-refractivity contribution in [2.45, 2.75) is 43.5 Å². The summed E-state index contributed by atoms with van der Waals surface area (Å²) >= 11 is 0. The molecule has 0 saturated carbocycles. The van der Waals surface area contributed by atoms with Gasteiger partial charge in [-0.15, -0.1) is 0 Å². The number of para-hydroxylation sites is 1. The molecule has 1 saturated heterocycles. The number of hydrogen-bond acceptors (Lipinski definition) is 4. The molecule has 1 atom stereocenters. The molecule has 0 aliphatic carbocycles. The highest BCUT2D eigenvalue weighted by Crippen LogP contribution is 2.34. The molecule has 0 N–H and O–H groups in total. The number of pyridine rings is 1. The van der Waals surface area contributed by atoms with E-state index in [-0.39, 0.29) is 6.04 Å². The third-order valence-corrected chi connectivity index (χ3v) is 8.17. The van der Waals surface area contributed by atoms with E-state index in [2.05, 4.69) is 29.2 Å². The van der Waals surface area contributed by atoms with Crippen LogP contribution in [-0.2, 0) is 16.4 Å². The molecule has 2 aliphatic heterocycles. The van der Waals surface area contributed by atoms with Crippen LogP contribution in [0.2, 0.25) is 0 Å². The van der Waals surface area contributed by atoms with Gasteiger partial charge in [0.15, 0.2) is 0 Å². The Kier molecular flexibility index (Phi) is 4.56. The standard InChI is InChI=1S/C23H25N3O2S/c1-17-6-4-5-14-26(17)29(27,28)20-10-11-21-19(16-20)9-12-23(24-21)25-15-13-18-7-2-3-8-22(18)25/h2-3,7-12,16-17H,4-6,13-15H2,1H3/t17-/m0/s1. The Hall–Kier alpha value is -2.44. The summed E-state index contributed by atoms with van der Waals surface area (Å²) < 4.78 is 28.0. The maximum atomic E-state index is 13.2. The summed E-state index contributed by atoms with van der Waals surface area (Å²) in [6.07, 6.45) is 3.97. The number of sulfonamides is 1. The zero-order chi connectivity index (χ0) is 20.0. The first-order chi connectivity index (χ1) is 14.0. The Labute approximate surface area is 172 Å². The Balaban J connectivity index is 1.49. The minimum Gasteiger partial charge on any atom is -0.326 e. The number of rotatable bonds is 3. The van der Waals surface area contributed by atoms with Gasteiger partial charge in [-0.2, -0.15) is 4.31 Å². The molecule has 1 aromatic heterocycles. The highest BCUT2D eigenvalue weighted by atomic mass is 32.2. The number of benzene rings is 2. The van der Waals surface area contributed by atoms with Crippen LogP contribution >= 0.6 is 0 Å². The van der Waals surface area contributed by atoms with Crippen molar-refractivity contribution in [3.05, 3.63) is 60.2 Å². The van der Waals surface area contributed by atoms with E-state index in [1.165, 1.54) is 11.3 Å². The molecule has 6 heteroatoms. The third-order valence-electron chi connectivity index (χ3n) is 6.16. The van der Waals surface area contributed by atoms with Crippen molar-refractivity contribution in [3.8, 4) is 0 Å². The quantitative estimate of drug-likeness (QED) is 0.642. The zero-order valence-corrected chi connectivity index (χ0v) is 17.4. The first kappa shape index (κ1) is 18.6. The number of nitrogens with zero attached hydrogens (tertiary/aromatic N) is 3. The monoisotopic (exact) mass is 407 g/mol. The van der Waals surface area contributed by atoms with Crippen molar-refractivity contribution in [1.29, 1.82) is 0 Å². The van der Waals surface area contributed by atoms with Crippen LogP contribution in [0.5, 0.6) is 0 Å². The van der Waals surface area contributed by atoms with Crippen LogP contribution in [-0.4, -0.2) is 36.8 Å². The lowest BCUT2D eigenvalue weighted by Gasteiger charge is -2.32. The molecule has 3 aromatic rings. The second-order valence-electron chi connectivity index (χ2n) is 8.01. The van der Waals surface area contributed by atoms with E-state index >= 15 is 0 Å². The Morgan fingerprint density at radius 3 is 2.72 bits per heavy atom. The van der Waals surface area contributed by atoms with E-state index in [9.17, 15) is 8.42 Å². The maximum absolute atomic E-state index is 13.2. The lowest BCUT2D eigenvalue weighted by atomic mass is 10.1. The number of fused-ring (bicyclic) bond motifs is 2. The van der Waals surface area contributed by atoms with E-state index in [1.54, 1.807) is 16.4 Å². The summed E-state index contributed by atoms with van der Waals surface area (Å²) in [5.41, 5.74) is 3.36. The molecule has 0 bridgehead atoms. The minimum absolute atomic E-state index is 0.0557. The topological polar surface area (TPSA) is 53.5 Å². The smallest absolute Gasteiger partial charge is 0.243 e. The van der Waals surface area contributed by atoms with Crippen molar-refractivity contribution >= 4 is 32.4 Å². The van der Waals surface area contributed by atoms with Crippen LogP contribution in [0, 0.1) is 0 Å². The summed E-state index contributed by atoms with van der Waals surface area (Å²) in [5, 5.41) is 0.854. The van der Waals surface area contributed by atoms with Crippen molar-refractivity contribution in [3.63, 3.8) is 0 Å². The second kappa shape index (κ2) is 7.11. The van der Waals surface area contributed by atoms with Crippen molar-refractivity contribution in [2.75, 3.05) is 18.0 Å². The molecule has 0 spiro atoms. The fourth-order valence-electron chi connectivity index (χ4n) is 4.54. The average Bonchev–Trinajstić information content (AvgIpc) is 3.17. The normalized spacial score (nSPS) is 20.2. The van der Waals surface area contributed by atoms with E-state index in [1.807, 2.05) is 25.1 Å². The molecule has 5 rings (SSSR count). The highest BCUT2D eigenvalue weighted by molar-refractivity contribution is 7.89. The first-order valence-electron chi connectivity index (χ1n) is 10.3. The summed E-state index contributed by atoms with van der Waals surface area (Å²) in [6, 6.07) is 17.7. The summed E-state index contributed by atoms with van der Waals surface area (Å²) in [4.78, 5) is 7.42. The first-order valence-corrected chi connectivity index (χ1v) is 11.8. The lowest BCUT2D eigenvalue weighted by molar-refractivity contribution is 0.268. The van der Waals surface area contributed by atoms with Gasteiger partial charge < -0.3 is 4.90 Å². The van der Waals surface area contributed by atoms with Gasteiger partial charge in [-0.25, -0.2) is 13.4 Å². The lowest BCUT2D eigenvalue weighted by Crippen LogP contribution is -2.41. The van der Waals surface area contributed by atoms with E-state index in [0.717, 1.165) is 48.9 Å². The van der Waals surface area contributed by atoms with Crippen LogP contribution in [0.1, 0.15) is 31.7 Å². The van der Waals surface area contributed by atoms with Gasteiger partial charge in [0.1, 0.15) is 5.82 Å². The number of piperidine rings is 1. The number of hydrogen-bond donors (Lipinski definition) is 0. The van der Waals surface area contributed by atoms with Gasteiger partial charge in [0.25, 0.3) is 0 Å². The predicted octanol–water partition coefficient (Wildman–Crippen LogP) is 4.49. The molecule has 29 heavy (non-hydrogen) atoms. The van der Waals surface area contributed by atoms with Crippen LogP contribution in [0.4, 0.5) is 11.5 Å². The third kappa shape index (κ3) is 3.20. The SMILES string of the molecule is C[C@H]1CCCCN1S(=O)(=O)c1ccc2nc(N3CCc4ccccc43)ccc2c1. The molecule has 1 fully saturated rings. The maximum Gasteiger partial charge on any atom is 0.243 e. The summed E-state index contributed by atoms with van der Waals surface area (Å²) in [5.74, 6) is 0.905. The molecular weight excluding hydrogens is 382 g/mol. The van der Waals surface area contributed by atoms with E-state index in [4.69, 9.17) is 4.98 Å². The fraction of sp³-hybridized carbons (Fsp3) is 0.348. The van der Waals surface area contributed by atoms with Gasteiger partial charge in [-0.1, -0.05) is 24.6 Å². The van der Waals surface area contributed by atoms with E-state index < -0.39 is 10.0 Å².